The van der Waals surface area contributed by atoms with Gasteiger partial charge in [-0.15, -0.1) is 0 Å². The number of anilines is 1. The number of isothiocyanates is 1. The molecule has 3 heterocycles. The molecule has 2 aromatic rings. The molecule has 0 aromatic carbocycles. The molecule has 0 unspecified atom stereocenters. The summed E-state index contributed by atoms with van der Waals surface area (Å²) in [7, 11) is 0. The van der Waals surface area contributed by atoms with Crippen LogP contribution >= 0.6 is 36.2 Å². The molecule has 110 valence electrons. The van der Waals surface area contributed by atoms with E-state index in [2.05, 4.69) is 32.3 Å². The van der Waals surface area contributed by atoms with Crippen molar-refractivity contribution < 1.29 is 4.79 Å². The van der Waals surface area contributed by atoms with Gasteiger partial charge in [0, 0.05) is 12.4 Å². The maximum atomic E-state index is 11.4. The van der Waals surface area contributed by atoms with E-state index < -0.39 is 0 Å². The molecule has 1 fully saturated rings. The van der Waals surface area contributed by atoms with E-state index >= 15 is 0 Å². The highest BCUT2D eigenvalue weighted by Gasteiger charge is 2.27. The van der Waals surface area contributed by atoms with Crippen molar-refractivity contribution in [1.82, 2.24) is 9.97 Å². The maximum absolute atomic E-state index is 11.4. The van der Waals surface area contributed by atoms with Gasteiger partial charge >= 0.3 is 0 Å². The van der Waals surface area contributed by atoms with Crippen molar-refractivity contribution in [2.45, 2.75) is 0 Å². The van der Waals surface area contributed by atoms with Gasteiger partial charge in [-0.3, -0.25) is 19.7 Å². The van der Waals surface area contributed by atoms with Crippen molar-refractivity contribution in [3.63, 3.8) is 0 Å². The lowest BCUT2D eigenvalue weighted by Gasteiger charge is -2.13. The molecule has 0 N–H and O–H groups in total. The number of nitrogens with zero attached hydrogens (tertiary/aromatic N) is 4. The Kier molecular flexibility index (Phi) is 6.29. The molecular formula is C14H10N4OS3. The minimum atomic E-state index is 0.0306. The fraction of sp³-hybridized carbons (Fsp3) is 0.0714. The fourth-order valence-corrected chi connectivity index (χ4v) is 2.76. The van der Waals surface area contributed by atoms with Crippen LogP contribution in [-0.2, 0) is 4.79 Å². The number of rotatable bonds is 2. The summed E-state index contributed by atoms with van der Waals surface area (Å²) >= 11 is 10.8. The van der Waals surface area contributed by atoms with Gasteiger partial charge in [0.25, 0.3) is 0 Å². The number of thiocarbonyl (C=S) groups is 2. The third-order valence-corrected chi connectivity index (χ3v) is 3.92. The van der Waals surface area contributed by atoms with Gasteiger partial charge in [0.2, 0.25) is 5.91 Å². The van der Waals surface area contributed by atoms with E-state index in [1.54, 1.807) is 36.9 Å². The van der Waals surface area contributed by atoms with E-state index in [0.29, 0.717) is 10.1 Å². The number of pyridine rings is 2. The third kappa shape index (κ3) is 4.51. The average molecular weight is 346 g/mol. The molecule has 0 saturated carbocycles. The van der Waals surface area contributed by atoms with E-state index in [9.17, 15) is 4.79 Å². The molecule has 1 saturated heterocycles. The summed E-state index contributed by atoms with van der Waals surface area (Å²) in [4.78, 5) is 24.4. The lowest BCUT2D eigenvalue weighted by molar-refractivity contribution is -0.115. The number of hydrogen-bond acceptors (Lipinski definition) is 7. The zero-order valence-electron chi connectivity index (χ0n) is 11.2. The summed E-state index contributed by atoms with van der Waals surface area (Å²) in [5.41, 5.74) is 1.50. The number of aromatic nitrogens is 2. The van der Waals surface area contributed by atoms with Crippen LogP contribution in [-0.4, -0.2) is 31.1 Å². The first-order valence-electron chi connectivity index (χ1n) is 6.10. The summed E-state index contributed by atoms with van der Waals surface area (Å²) in [6, 6.07) is 7.22. The van der Waals surface area contributed by atoms with Crippen molar-refractivity contribution >= 4 is 63.0 Å². The maximum Gasteiger partial charge on any atom is 0.243 e. The number of aliphatic imine (C=N–C) groups is 1. The van der Waals surface area contributed by atoms with E-state index in [1.807, 2.05) is 12.1 Å². The highest BCUT2D eigenvalue weighted by atomic mass is 32.2. The van der Waals surface area contributed by atoms with Gasteiger partial charge in [0.05, 0.1) is 34.7 Å². The predicted molar refractivity (Wildman–Crippen MR) is 95.7 cm³/mol. The molecule has 0 radical (unpaired) electrons. The molecule has 0 atom stereocenters. The molecule has 5 nitrogen and oxygen atoms in total. The number of hydrogen-bond donors (Lipinski definition) is 0. The van der Waals surface area contributed by atoms with Gasteiger partial charge in [-0.25, -0.2) is 0 Å². The van der Waals surface area contributed by atoms with Crippen LogP contribution in [0.4, 0.5) is 11.4 Å². The Labute approximate surface area is 142 Å². The Morgan fingerprint density at radius 3 is 2.45 bits per heavy atom. The average Bonchev–Trinajstić information content (AvgIpc) is 2.89. The summed E-state index contributed by atoms with van der Waals surface area (Å²) in [6.07, 6.45) is 6.61. The summed E-state index contributed by atoms with van der Waals surface area (Å²) in [5, 5.41) is 2.25. The van der Waals surface area contributed by atoms with Crippen molar-refractivity contribution in [3.8, 4) is 0 Å². The molecule has 0 bridgehead atoms. The first-order chi connectivity index (χ1) is 10.7. The van der Waals surface area contributed by atoms with Gasteiger partial charge in [0.1, 0.15) is 4.32 Å². The smallest absolute Gasteiger partial charge is 0.243 e. The van der Waals surface area contributed by atoms with Crippen LogP contribution in [0.15, 0.2) is 54.0 Å². The minimum absolute atomic E-state index is 0.0306. The van der Waals surface area contributed by atoms with Crippen LogP contribution in [0, 0.1) is 0 Å². The van der Waals surface area contributed by atoms with E-state index in [-0.39, 0.29) is 5.91 Å². The molecule has 0 aliphatic carbocycles. The van der Waals surface area contributed by atoms with Crippen molar-refractivity contribution in [2.75, 3.05) is 10.7 Å². The van der Waals surface area contributed by atoms with Crippen molar-refractivity contribution in [1.29, 1.82) is 0 Å². The molecule has 1 aliphatic heterocycles. The zero-order valence-corrected chi connectivity index (χ0v) is 13.7. The second-order valence-electron chi connectivity index (χ2n) is 3.91. The fourth-order valence-electron chi connectivity index (χ4n) is 1.56. The predicted octanol–water partition coefficient (Wildman–Crippen LogP) is 3.26. The van der Waals surface area contributed by atoms with Gasteiger partial charge < -0.3 is 0 Å². The van der Waals surface area contributed by atoms with Gasteiger partial charge in [-0.2, -0.15) is 4.99 Å². The number of carbonyl (C=O) groups excluding carboxylic acids is 1. The van der Waals surface area contributed by atoms with Crippen LogP contribution in [0.5, 0.6) is 0 Å². The molecule has 0 spiro atoms. The van der Waals surface area contributed by atoms with Crippen molar-refractivity contribution in [3.05, 3.63) is 49.1 Å². The lowest BCUT2D eigenvalue weighted by Crippen LogP contribution is -2.27. The second-order valence-corrected chi connectivity index (χ2v) is 5.70. The largest absolute Gasteiger partial charge is 0.273 e. The van der Waals surface area contributed by atoms with Crippen LogP contribution in [0.3, 0.4) is 0 Å². The minimum Gasteiger partial charge on any atom is -0.273 e. The highest BCUT2D eigenvalue weighted by Crippen LogP contribution is 2.25. The second kappa shape index (κ2) is 8.45. The lowest BCUT2D eigenvalue weighted by atomic mass is 10.4. The Bertz CT molecular complexity index is 687. The van der Waals surface area contributed by atoms with Crippen LogP contribution < -0.4 is 4.90 Å². The van der Waals surface area contributed by atoms with Crippen molar-refractivity contribution in [2.24, 2.45) is 4.99 Å². The first-order valence-corrected chi connectivity index (χ1v) is 7.90. The number of carbonyl (C=O) groups is 1. The molecule has 2 aromatic heterocycles. The number of amides is 1. The summed E-state index contributed by atoms with van der Waals surface area (Å²) in [6.45, 7) is 0. The molecule has 8 heteroatoms. The quantitative estimate of drug-likeness (QED) is 0.614. The van der Waals surface area contributed by atoms with Gasteiger partial charge in [-0.1, -0.05) is 24.0 Å². The Balaban J connectivity index is 0.000000172. The topological polar surface area (TPSA) is 58.5 Å². The Morgan fingerprint density at radius 2 is 1.95 bits per heavy atom. The van der Waals surface area contributed by atoms with Gasteiger partial charge in [0.15, 0.2) is 0 Å². The molecule has 3 rings (SSSR count). The van der Waals surface area contributed by atoms with E-state index in [0.717, 1.165) is 11.4 Å². The summed E-state index contributed by atoms with van der Waals surface area (Å²) in [5.74, 6) is 0.469. The summed E-state index contributed by atoms with van der Waals surface area (Å²) < 4.78 is 0.609. The molecule has 1 aliphatic rings. The third-order valence-electron chi connectivity index (χ3n) is 2.48. The van der Waals surface area contributed by atoms with Crippen LogP contribution in [0.1, 0.15) is 0 Å². The zero-order chi connectivity index (χ0) is 15.8. The normalized spacial score (nSPS) is 13.2. The molecular weight excluding hydrogens is 336 g/mol. The molecule has 1 amide bonds. The Hall–Kier alpha value is -1.99. The standard InChI is InChI=1S/C8H6N2OS2.C6H4N2S/c11-7-5-13-8(12)10(7)6-2-1-3-9-4-6;9-5-8-6-2-1-3-7-4-6/h1-4H,5H2;1-4H. The monoisotopic (exact) mass is 346 g/mol. The van der Waals surface area contributed by atoms with Gasteiger partial charge in [-0.05, 0) is 36.5 Å². The number of thioether (sulfide) groups is 1. The highest BCUT2D eigenvalue weighted by molar-refractivity contribution is 8.24. The SMILES string of the molecule is O=C1CSC(=S)N1c1cccnc1.S=C=Nc1cccnc1. The first kappa shape index (κ1) is 16.4. The molecule has 22 heavy (non-hydrogen) atoms. The Morgan fingerprint density at radius 1 is 1.23 bits per heavy atom. The van der Waals surface area contributed by atoms with E-state index in [1.165, 1.54) is 16.7 Å². The van der Waals surface area contributed by atoms with Crippen LogP contribution in [0.2, 0.25) is 0 Å². The van der Waals surface area contributed by atoms with Crippen LogP contribution in [0.25, 0.3) is 0 Å². The van der Waals surface area contributed by atoms with E-state index in [4.69, 9.17) is 12.2 Å².